The monoisotopic (exact) mass is 453 g/mol. The summed E-state index contributed by atoms with van der Waals surface area (Å²) in [4.78, 5) is 2.06. The number of hydrogen-bond acceptors (Lipinski definition) is 7. The van der Waals surface area contributed by atoms with E-state index in [2.05, 4.69) is 21.2 Å². The van der Waals surface area contributed by atoms with Gasteiger partial charge < -0.3 is 19.5 Å². The lowest BCUT2D eigenvalue weighted by Gasteiger charge is -2.28. The average molecular weight is 454 g/mol. The molecule has 0 atom stereocenters. The number of aliphatic hydroxyl groups is 1. The summed E-state index contributed by atoms with van der Waals surface area (Å²) in [6, 6.07) is 25.2. The van der Waals surface area contributed by atoms with Gasteiger partial charge in [0, 0.05) is 18.5 Å². The molecule has 2 heterocycles. The molecule has 1 aromatic heterocycles. The number of rotatable bonds is 6. The second-order valence-electron chi connectivity index (χ2n) is 7.79. The molecule has 1 N–H and O–H groups in total. The van der Waals surface area contributed by atoms with Gasteiger partial charge in [-0.25, -0.2) is 0 Å². The molecule has 170 valence electrons. The first-order chi connectivity index (χ1) is 16.8. The van der Waals surface area contributed by atoms with Crippen molar-refractivity contribution in [2.45, 2.75) is 0 Å². The fourth-order valence-corrected chi connectivity index (χ4v) is 4.00. The van der Waals surface area contributed by atoms with E-state index in [-0.39, 0.29) is 23.8 Å². The Balaban J connectivity index is 1.52. The van der Waals surface area contributed by atoms with Gasteiger partial charge in [-0.2, -0.15) is 5.26 Å². The summed E-state index contributed by atoms with van der Waals surface area (Å²) in [6.07, 6.45) is 0. The Morgan fingerprint density at radius 1 is 0.971 bits per heavy atom. The van der Waals surface area contributed by atoms with Crippen LogP contribution in [0.2, 0.25) is 0 Å². The molecule has 5 rings (SSSR count). The van der Waals surface area contributed by atoms with E-state index in [9.17, 15) is 10.4 Å². The molecule has 0 aliphatic carbocycles. The Kier molecular flexibility index (Phi) is 6.10. The van der Waals surface area contributed by atoms with Crippen molar-refractivity contribution in [1.29, 1.82) is 5.26 Å². The molecule has 0 spiro atoms. The van der Waals surface area contributed by atoms with Crippen LogP contribution >= 0.6 is 0 Å². The average Bonchev–Trinajstić information content (AvgIpc) is 3.33. The zero-order chi connectivity index (χ0) is 23.3. The largest absolute Gasteiger partial charge is 0.507 e. The Bertz CT molecular complexity index is 1360. The van der Waals surface area contributed by atoms with Crippen molar-refractivity contribution in [2.24, 2.45) is 0 Å². The highest BCUT2D eigenvalue weighted by atomic mass is 16.5. The lowest BCUT2D eigenvalue weighted by molar-refractivity contribution is 0.122. The Morgan fingerprint density at radius 3 is 2.50 bits per heavy atom. The fraction of sp³-hybridized carbons (Fsp3) is 0.192. The smallest absolute Gasteiger partial charge is 0.232 e. The summed E-state index contributed by atoms with van der Waals surface area (Å²) in [5.74, 6) is 1.27. The van der Waals surface area contributed by atoms with E-state index >= 15 is 0 Å². The maximum Gasteiger partial charge on any atom is 0.232 e. The van der Waals surface area contributed by atoms with Crippen LogP contribution in [0.4, 0.5) is 5.95 Å². The minimum atomic E-state index is -0.214. The highest BCUT2D eigenvalue weighted by molar-refractivity contribution is 5.88. The van der Waals surface area contributed by atoms with Gasteiger partial charge in [-0.1, -0.05) is 54.6 Å². The minimum Gasteiger partial charge on any atom is -0.507 e. The van der Waals surface area contributed by atoms with Gasteiger partial charge in [0.2, 0.25) is 5.95 Å². The van der Waals surface area contributed by atoms with Crippen molar-refractivity contribution in [3.8, 4) is 17.5 Å². The summed E-state index contributed by atoms with van der Waals surface area (Å²) in [7, 11) is 0. The molecule has 0 radical (unpaired) electrons. The molecule has 0 unspecified atom stereocenters. The summed E-state index contributed by atoms with van der Waals surface area (Å²) >= 11 is 0. The number of fused-ring (bicyclic) bond motifs is 1. The Morgan fingerprint density at radius 2 is 1.71 bits per heavy atom. The molecule has 1 aliphatic heterocycles. The lowest BCUT2D eigenvalue weighted by Crippen LogP contribution is -2.38. The molecular formula is C26H23N5O3. The number of ether oxygens (including phenoxy) is 2. The number of hydrogen-bond donors (Lipinski definition) is 1. The summed E-state index contributed by atoms with van der Waals surface area (Å²) < 4.78 is 13.2. The summed E-state index contributed by atoms with van der Waals surface area (Å²) in [5, 5.41) is 31.5. The standard InChI is InChI=1S/C26H23N5O3/c27-17-22(23(32)18-34-24-12-6-8-19-7-4-5-11-21(19)24)25-28-29-26(30-13-15-33-16-14-30)31(25)20-9-2-1-3-10-20/h1-12,32H,13-16,18H2/b23-22-. The van der Waals surface area contributed by atoms with E-state index in [1.807, 2.05) is 72.8 Å². The normalized spacial score (nSPS) is 14.5. The van der Waals surface area contributed by atoms with Gasteiger partial charge in [-0.05, 0) is 23.6 Å². The zero-order valence-corrected chi connectivity index (χ0v) is 18.5. The van der Waals surface area contributed by atoms with Gasteiger partial charge in [-0.3, -0.25) is 4.57 Å². The first-order valence-electron chi connectivity index (χ1n) is 11.0. The molecule has 3 aromatic carbocycles. The van der Waals surface area contributed by atoms with Crippen LogP contribution in [0.15, 0.2) is 78.6 Å². The molecule has 8 nitrogen and oxygen atoms in total. The molecule has 0 bridgehead atoms. The van der Waals surface area contributed by atoms with Crippen LogP contribution in [0, 0.1) is 11.3 Å². The van der Waals surface area contributed by atoms with Gasteiger partial charge in [0.05, 0.1) is 18.9 Å². The van der Waals surface area contributed by atoms with Crippen LogP contribution in [0.5, 0.6) is 5.75 Å². The lowest BCUT2D eigenvalue weighted by atomic mass is 10.1. The SMILES string of the molecule is N#C/C(=C(/O)COc1cccc2ccccc12)c1nnc(N2CCOCC2)n1-c1ccccc1. The number of benzene rings is 3. The first-order valence-corrected chi connectivity index (χ1v) is 11.0. The molecular weight excluding hydrogens is 430 g/mol. The Labute approximate surface area is 196 Å². The predicted molar refractivity (Wildman–Crippen MR) is 129 cm³/mol. The number of morpholine rings is 1. The molecule has 0 saturated carbocycles. The number of allylic oxidation sites excluding steroid dienone is 1. The number of aliphatic hydroxyl groups excluding tert-OH is 1. The van der Waals surface area contributed by atoms with Crippen LogP contribution in [-0.2, 0) is 4.74 Å². The molecule has 34 heavy (non-hydrogen) atoms. The second kappa shape index (κ2) is 9.65. The van der Waals surface area contributed by atoms with Crippen molar-refractivity contribution in [2.75, 3.05) is 37.8 Å². The maximum atomic E-state index is 10.9. The number of para-hydroxylation sites is 1. The highest BCUT2D eigenvalue weighted by Gasteiger charge is 2.25. The molecule has 8 heteroatoms. The van der Waals surface area contributed by atoms with E-state index in [4.69, 9.17) is 9.47 Å². The zero-order valence-electron chi connectivity index (χ0n) is 18.5. The Hall–Kier alpha value is -4.35. The van der Waals surface area contributed by atoms with E-state index in [1.165, 1.54) is 0 Å². The number of nitriles is 1. The van der Waals surface area contributed by atoms with E-state index in [1.54, 1.807) is 4.57 Å². The van der Waals surface area contributed by atoms with E-state index in [0.29, 0.717) is 38.0 Å². The molecule has 0 amide bonds. The van der Waals surface area contributed by atoms with Gasteiger partial charge in [0.15, 0.2) is 11.6 Å². The van der Waals surface area contributed by atoms with Gasteiger partial charge >= 0.3 is 0 Å². The third-order valence-corrected chi connectivity index (χ3v) is 5.69. The topological polar surface area (TPSA) is 96.4 Å². The van der Waals surface area contributed by atoms with Crippen LogP contribution in [0.25, 0.3) is 22.0 Å². The maximum absolute atomic E-state index is 10.9. The minimum absolute atomic E-state index is 0.0103. The quantitative estimate of drug-likeness (QED) is 0.346. The van der Waals surface area contributed by atoms with Crippen LogP contribution in [-0.4, -0.2) is 52.8 Å². The number of nitrogens with zero attached hydrogens (tertiary/aromatic N) is 5. The molecule has 1 fully saturated rings. The predicted octanol–water partition coefficient (Wildman–Crippen LogP) is 4.13. The summed E-state index contributed by atoms with van der Waals surface area (Å²) in [5.41, 5.74) is 0.801. The van der Waals surface area contributed by atoms with E-state index < -0.39 is 0 Å². The summed E-state index contributed by atoms with van der Waals surface area (Å²) in [6.45, 7) is 2.31. The third-order valence-electron chi connectivity index (χ3n) is 5.69. The fourth-order valence-electron chi connectivity index (χ4n) is 4.00. The first kappa shape index (κ1) is 21.5. The molecule has 1 aliphatic rings. The van der Waals surface area contributed by atoms with Crippen LogP contribution in [0.3, 0.4) is 0 Å². The van der Waals surface area contributed by atoms with E-state index in [0.717, 1.165) is 16.5 Å². The number of aromatic nitrogens is 3. The van der Waals surface area contributed by atoms with Crippen molar-refractivity contribution in [3.63, 3.8) is 0 Å². The molecule has 4 aromatic rings. The van der Waals surface area contributed by atoms with Gasteiger partial charge in [-0.15, -0.1) is 10.2 Å². The van der Waals surface area contributed by atoms with Crippen molar-refractivity contribution < 1.29 is 14.6 Å². The third kappa shape index (κ3) is 4.17. The second-order valence-corrected chi connectivity index (χ2v) is 7.79. The van der Waals surface area contributed by atoms with Gasteiger partial charge in [0.1, 0.15) is 24.0 Å². The van der Waals surface area contributed by atoms with Crippen molar-refractivity contribution >= 4 is 22.3 Å². The van der Waals surface area contributed by atoms with Crippen LogP contribution < -0.4 is 9.64 Å². The highest BCUT2D eigenvalue weighted by Crippen LogP contribution is 2.28. The van der Waals surface area contributed by atoms with Gasteiger partial charge in [0.25, 0.3) is 0 Å². The molecule has 1 saturated heterocycles. The van der Waals surface area contributed by atoms with Crippen molar-refractivity contribution in [3.05, 3.63) is 84.4 Å². The van der Waals surface area contributed by atoms with Crippen LogP contribution in [0.1, 0.15) is 5.82 Å². The van der Waals surface area contributed by atoms with Crippen molar-refractivity contribution in [1.82, 2.24) is 14.8 Å². The number of anilines is 1.